The van der Waals surface area contributed by atoms with Gasteiger partial charge in [0.2, 0.25) is 5.91 Å². The van der Waals surface area contributed by atoms with Crippen molar-refractivity contribution in [3.63, 3.8) is 0 Å². The lowest BCUT2D eigenvalue weighted by Gasteiger charge is -2.23. The van der Waals surface area contributed by atoms with Crippen LogP contribution in [0, 0.1) is 5.92 Å². The number of benzene rings is 1. The molecule has 2 aromatic heterocycles. The molecule has 1 aliphatic rings. The van der Waals surface area contributed by atoms with Crippen molar-refractivity contribution in [3.8, 4) is 0 Å². The molecule has 4 rings (SSSR count). The van der Waals surface area contributed by atoms with E-state index in [1.807, 2.05) is 18.3 Å². The summed E-state index contributed by atoms with van der Waals surface area (Å²) in [6.07, 6.45) is 10.4. The van der Waals surface area contributed by atoms with Gasteiger partial charge in [-0.25, -0.2) is 4.68 Å². The molecule has 178 valence electrons. The predicted molar refractivity (Wildman–Crippen MR) is 130 cm³/mol. The van der Waals surface area contributed by atoms with Crippen LogP contribution in [0.15, 0.2) is 30.5 Å². The second kappa shape index (κ2) is 11.4. The van der Waals surface area contributed by atoms with Crippen LogP contribution < -0.4 is 10.6 Å². The van der Waals surface area contributed by atoms with E-state index in [-0.39, 0.29) is 11.9 Å². The van der Waals surface area contributed by atoms with Gasteiger partial charge in [-0.2, -0.15) is 0 Å². The lowest BCUT2D eigenvalue weighted by Crippen LogP contribution is -2.37. The van der Waals surface area contributed by atoms with Crippen LogP contribution in [0.1, 0.15) is 82.3 Å². The van der Waals surface area contributed by atoms with Gasteiger partial charge in [0.15, 0.2) is 5.82 Å². The summed E-state index contributed by atoms with van der Waals surface area (Å²) >= 11 is 0. The van der Waals surface area contributed by atoms with Crippen LogP contribution in [0.3, 0.4) is 0 Å². The molecular weight excluding hydrogens is 414 g/mol. The number of aromatic amines is 1. The Bertz CT molecular complexity index is 1020. The fourth-order valence-corrected chi connectivity index (χ4v) is 4.77. The molecule has 8 nitrogen and oxygen atoms in total. The minimum Gasteiger partial charge on any atom is -0.361 e. The Labute approximate surface area is 195 Å². The summed E-state index contributed by atoms with van der Waals surface area (Å²) in [6, 6.07) is 7.71. The first-order chi connectivity index (χ1) is 16.1. The molecule has 1 aliphatic heterocycles. The van der Waals surface area contributed by atoms with E-state index in [0.717, 1.165) is 54.5 Å². The summed E-state index contributed by atoms with van der Waals surface area (Å²) in [5.41, 5.74) is 2.17. The number of carbonyl (C=O) groups excluding carboxylic acids is 1. The molecule has 0 spiro atoms. The van der Waals surface area contributed by atoms with Crippen molar-refractivity contribution in [2.45, 2.75) is 77.3 Å². The minimum atomic E-state index is -0.504. The van der Waals surface area contributed by atoms with E-state index in [4.69, 9.17) is 0 Å². The number of hydrogen-bond acceptors (Lipinski definition) is 5. The van der Waals surface area contributed by atoms with E-state index in [2.05, 4.69) is 57.1 Å². The highest BCUT2D eigenvalue weighted by atomic mass is 16.2. The van der Waals surface area contributed by atoms with E-state index < -0.39 is 6.04 Å². The van der Waals surface area contributed by atoms with E-state index in [0.29, 0.717) is 18.9 Å². The fourth-order valence-electron chi connectivity index (χ4n) is 4.77. The second-order valence-electron chi connectivity index (χ2n) is 9.61. The normalized spacial score (nSPS) is 21.4. The standard InChI is InChI=1S/C25H37N7O/c1-18(2)15-22-24-29-30-31-32(24)23(16-19-17-28-21-12-8-7-11-20(19)21)25(33)27-14-10-6-4-3-5-9-13-26-22/h7-8,11-12,17-18,22-23,26,28H,3-6,9-10,13-16H2,1-2H3,(H,27,33). The van der Waals surface area contributed by atoms with Crippen LogP contribution in [-0.4, -0.2) is 44.2 Å². The van der Waals surface area contributed by atoms with Gasteiger partial charge in [0, 0.05) is 30.1 Å². The maximum absolute atomic E-state index is 13.4. The lowest BCUT2D eigenvalue weighted by atomic mass is 10.0. The maximum atomic E-state index is 13.4. The quantitative estimate of drug-likeness (QED) is 0.555. The number of carbonyl (C=O) groups is 1. The summed E-state index contributed by atoms with van der Waals surface area (Å²) in [5.74, 6) is 1.21. The van der Waals surface area contributed by atoms with Gasteiger partial charge in [-0.05, 0) is 53.8 Å². The number of aromatic nitrogens is 5. The van der Waals surface area contributed by atoms with E-state index in [9.17, 15) is 4.79 Å². The molecule has 2 atom stereocenters. The monoisotopic (exact) mass is 451 g/mol. The van der Waals surface area contributed by atoms with Crippen LogP contribution in [0.25, 0.3) is 10.9 Å². The van der Waals surface area contributed by atoms with Crippen molar-refractivity contribution >= 4 is 16.8 Å². The van der Waals surface area contributed by atoms with Crippen molar-refractivity contribution < 1.29 is 4.79 Å². The van der Waals surface area contributed by atoms with Crippen LogP contribution in [0.5, 0.6) is 0 Å². The first-order valence-electron chi connectivity index (χ1n) is 12.5. The molecule has 0 fully saturated rings. The second-order valence-corrected chi connectivity index (χ2v) is 9.61. The van der Waals surface area contributed by atoms with Crippen LogP contribution >= 0.6 is 0 Å². The van der Waals surface area contributed by atoms with Crippen molar-refractivity contribution in [3.05, 3.63) is 41.9 Å². The number of fused-ring (bicyclic) bond motifs is 2. The van der Waals surface area contributed by atoms with E-state index in [1.165, 1.54) is 19.3 Å². The Balaban J connectivity index is 1.67. The highest BCUT2D eigenvalue weighted by Gasteiger charge is 2.29. The fraction of sp³-hybridized carbons (Fsp3) is 0.600. The SMILES string of the molecule is CC(C)CC1NCCCCCCCCNC(=O)C(Cc2c[nH]c3ccccc23)n2nnnc21. The number of amides is 1. The van der Waals surface area contributed by atoms with Crippen molar-refractivity contribution in [2.75, 3.05) is 13.1 Å². The molecule has 3 aromatic rings. The summed E-state index contributed by atoms with van der Waals surface area (Å²) < 4.78 is 1.76. The zero-order chi connectivity index (χ0) is 23.0. The Kier molecular flexibility index (Phi) is 8.10. The number of tetrazole rings is 1. The molecule has 1 aromatic carbocycles. The average Bonchev–Trinajstić information content (AvgIpc) is 3.44. The molecule has 33 heavy (non-hydrogen) atoms. The average molecular weight is 452 g/mol. The predicted octanol–water partition coefficient (Wildman–Crippen LogP) is 4.09. The van der Waals surface area contributed by atoms with Crippen LogP contribution in [-0.2, 0) is 11.2 Å². The van der Waals surface area contributed by atoms with Crippen LogP contribution in [0.2, 0.25) is 0 Å². The molecule has 3 heterocycles. The number of nitrogens with zero attached hydrogens (tertiary/aromatic N) is 4. The molecular formula is C25H37N7O. The molecule has 0 radical (unpaired) electrons. The van der Waals surface area contributed by atoms with Gasteiger partial charge in [-0.3, -0.25) is 4.79 Å². The Morgan fingerprint density at radius 1 is 1.06 bits per heavy atom. The lowest BCUT2D eigenvalue weighted by molar-refractivity contribution is -0.124. The summed E-state index contributed by atoms with van der Waals surface area (Å²) in [7, 11) is 0. The van der Waals surface area contributed by atoms with Crippen molar-refractivity contribution in [1.82, 2.24) is 35.8 Å². The minimum absolute atomic E-state index is 0.0170. The molecule has 2 unspecified atom stereocenters. The molecule has 3 N–H and O–H groups in total. The molecule has 0 aliphatic carbocycles. The Morgan fingerprint density at radius 3 is 2.64 bits per heavy atom. The summed E-state index contributed by atoms with van der Waals surface area (Å²) in [4.78, 5) is 16.8. The zero-order valence-corrected chi connectivity index (χ0v) is 19.9. The van der Waals surface area contributed by atoms with Gasteiger partial charge < -0.3 is 15.6 Å². The molecule has 1 amide bonds. The first kappa shape index (κ1) is 23.4. The Morgan fingerprint density at radius 2 is 1.82 bits per heavy atom. The highest BCUT2D eigenvalue weighted by molar-refractivity contribution is 5.85. The number of hydrogen-bond donors (Lipinski definition) is 3. The molecule has 0 saturated heterocycles. The van der Waals surface area contributed by atoms with Crippen molar-refractivity contribution in [1.29, 1.82) is 0 Å². The largest absolute Gasteiger partial charge is 0.361 e. The maximum Gasteiger partial charge on any atom is 0.245 e. The highest BCUT2D eigenvalue weighted by Crippen LogP contribution is 2.26. The van der Waals surface area contributed by atoms with Gasteiger partial charge in [0.1, 0.15) is 6.04 Å². The number of para-hydroxylation sites is 1. The molecule has 8 heteroatoms. The summed E-state index contributed by atoms with van der Waals surface area (Å²) in [5, 5.41) is 20.7. The number of H-pyrrole nitrogens is 1. The third kappa shape index (κ3) is 5.99. The topological polar surface area (TPSA) is 101 Å². The number of rotatable bonds is 4. The first-order valence-corrected chi connectivity index (χ1v) is 12.5. The van der Waals surface area contributed by atoms with Crippen molar-refractivity contribution in [2.24, 2.45) is 5.92 Å². The zero-order valence-electron chi connectivity index (χ0n) is 19.9. The van der Waals surface area contributed by atoms with Gasteiger partial charge in [-0.1, -0.05) is 57.7 Å². The molecule has 0 bridgehead atoms. The van der Waals surface area contributed by atoms with Gasteiger partial charge in [0.25, 0.3) is 0 Å². The third-order valence-corrected chi connectivity index (χ3v) is 6.52. The smallest absolute Gasteiger partial charge is 0.245 e. The van der Waals surface area contributed by atoms with Gasteiger partial charge >= 0.3 is 0 Å². The third-order valence-electron chi connectivity index (χ3n) is 6.52. The van der Waals surface area contributed by atoms with E-state index >= 15 is 0 Å². The van der Waals surface area contributed by atoms with Gasteiger partial charge in [0.05, 0.1) is 6.04 Å². The molecule has 0 saturated carbocycles. The number of nitrogens with one attached hydrogen (secondary N) is 3. The Hall–Kier alpha value is -2.74. The van der Waals surface area contributed by atoms with Crippen LogP contribution in [0.4, 0.5) is 0 Å². The van der Waals surface area contributed by atoms with Gasteiger partial charge in [-0.15, -0.1) is 5.10 Å². The van der Waals surface area contributed by atoms with E-state index in [1.54, 1.807) is 4.68 Å². The summed E-state index contributed by atoms with van der Waals surface area (Å²) in [6.45, 7) is 6.04.